The number of alkyl carbamates (subject to hydrolysis) is 1. The number of benzene rings is 2. The van der Waals surface area contributed by atoms with Gasteiger partial charge in [0.2, 0.25) is 5.91 Å². The van der Waals surface area contributed by atoms with Crippen molar-refractivity contribution < 1.29 is 33.8 Å². The first-order valence-corrected chi connectivity index (χ1v) is 13.5. The van der Waals surface area contributed by atoms with Gasteiger partial charge in [0.1, 0.15) is 23.4 Å². The Hall–Kier alpha value is -4.52. The van der Waals surface area contributed by atoms with Crippen LogP contribution in [0.4, 0.5) is 4.79 Å². The van der Waals surface area contributed by atoms with Crippen LogP contribution in [0.5, 0.6) is 5.75 Å². The number of carbonyl (C=O) groups is 4. The first-order chi connectivity index (χ1) is 19.4. The molecule has 41 heavy (non-hydrogen) atoms. The summed E-state index contributed by atoms with van der Waals surface area (Å²) >= 11 is 0. The maximum Gasteiger partial charge on any atom is 0.408 e. The number of phenolic OH excluding ortho intramolecular Hbond substituents is 1. The third kappa shape index (κ3) is 10.5. The predicted octanol–water partition coefficient (Wildman–Crippen LogP) is 3.62. The van der Waals surface area contributed by atoms with Crippen molar-refractivity contribution in [2.75, 3.05) is 13.2 Å². The number of esters is 1. The summed E-state index contributed by atoms with van der Waals surface area (Å²) in [6, 6.07) is 13.1. The summed E-state index contributed by atoms with van der Waals surface area (Å²) in [5.74, 6) is -1.77. The number of terminal acetylenes is 1. The number of carbonyl (C=O) groups excluding carboxylic acids is 4. The molecule has 10 heteroatoms. The van der Waals surface area contributed by atoms with Crippen LogP contribution in [0.15, 0.2) is 48.5 Å². The van der Waals surface area contributed by atoms with Gasteiger partial charge in [-0.25, -0.2) is 4.79 Å². The fourth-order valence-electron chi connectivity index (χ4n) is 3.92. The Balaban J connectivity index is 2.44. The molecular weight excluding hydrogens is 526 g/mol. The average molecular weight is 566 g/mol. The summed E-state index contributed by atoms with van der Waals surface area (Å²) in [5, 5.41) is 14.9. The molecule has 0 saturated heterocycles. The highest BCUT2D eigenvalue weighted by molar-refractivity contribution is 5.93. The monoisotopic (exact) mass is 565 g/mol. The second-order valence-electron chi connectivity index (χ2n) is 10.3. The van der Waals surface area contributed by atoms with Crippen molar-refractivity contribution in [3.63, 3.8) is 0 Å². The molecule has 0 fully saturated rings. The third-order valence-electron chi connectivity index (χ3n) is 5.89. The molecule has 0 aliphatic heterocycles. The second kappa shape index (κ2) is 15.3. The number of aromatic hydroxyl groups is 1. The number of nitrogens with zero attached hydrogens (tertiary/aromatic N) is 1. The van der Waals surface area contributed by atoms with E-state index in [1.807, 2.05) is 19.1 Å². The van der Waals surface area contributed by atoms with Crippen LogP contribution in [0.3, 0.4) is 0 Å². The quantitative estimate of drug-likeness (QED) is 0.203. The van der Waals surface area contributed by atoms with Gasteiger partial charge in [-0.1, -0.05) is 49.7 Å². The minimum atomic E-state index is -1.26. The Morgan fingerprint density at radius 1 is 1.00 bits per heavy atom. The molecule has 2 rings (SSSR count). The lowest BCUT2D eigenvalue weighted by molar-refractivity contribution is -0.143. The molecule has 0 aromatic heterocycles. The van der Waals surface area contributed by atoms with E-state index in [4.69, 9.17) is 15.9 Å². The fraction of sp³-hybridized carbons (Fsp3) is 0.419. The van der Waals surface area contributed by atoms with Crippen LogP contribution in [0.1, 0.15) is 63.8 Å². The number of phenols is 1. The molecule has 0 spiro atoms. The van der Waals surface area contributed by atoms with Crippen LogP contribution in [0.2, 0.25) is 0 Å². The predicted molar refractivity (Wildman–Crippen MR) is 153 cm³/mol. The number of rotatable bonds is 12. The second-order valence-corrected chi connectivity index (χ2v) is 10.3. The standard InChI is InChI=1S/C31H39N3O7/c1-7-21-10-14-23(15-11-21)27(28(37)32-19-18-26(36)40-9-3)34(8-2)29(38)25(33-30(39)41-31(4,5)6)20-22-12-16-24(35)17-13-22/h2,10-17,25,27,35H,7,9,18-20H2,1,3-6H3,(H,32,37)(H,33,39). The topological polar surface area (TPSA) is 134 Å². The van der Waals surface area contributed by atoms with E-state index in [0.717, 1.165) is 16.9 Å². The molecule has 2 atom stereocenters. The Kier molecular flexibility index (Phi) is 12.2. The first kappa shape index (κ1) is 32.7. The number of amides is 3. The summed E-state index contributed by atoms with van der Waals surface area (Å²) < 4.78 is 10.3. The molecule has 0 heterocycles. The summed E-state index contributed by atoms with van der Waals surface area (Å²) in [4.78, 5) is 52.9. The average Bonchev–Trinajstić information content (AvgIpc) is 2.91. The van der Waals surface area contributed by atoms with Gasteiger partial charge >= 0.3 is 12.1 Å². The Bertz CT molecular complexity index is 1230. The van der Waals surface area contributed by atoms with E-state index in [1.54, 1.807) is 52.0 Å². The van der Waals surface area contributed by atoms with Crippen molar-refractivity contribution in [1.82, 2.24) is 15.5 Å². The van der Waals surface area contributed by atoms with Gasteiger partial charge < -0.3 is 25.2 Å². The smallest absolute Gasteiger partial charge is 0.408 e. The van der Waals surface area contributed by atoms with E-state index in [0.29, 0.717) is 11.1 Å². The first-order valence-electron chi connectivity index (χ1n) is 13.5. The van der Waals surface area contributed by atoms with Crippen molar-refractivity contribution in [3.05, 3.63) is 65.2 Å². The molecule has 0 aliphatic rings. The molecule has 2 aromatic rings. The molecule has 3 amide bonds. The molecule has 0 saturated carbocycles. The molecule has 220 valence electrons. The lowest BCUT2D eigenvalue weighted by Crippen LogP contribution is -2.52. The summed E-state index contributed by atoms with van der Waals surface area (Å²) in [6.07, 6.45) is 5.70. The molecule has 10 nitrogen and oxygen atoms in total. The zero-order valence-corrected chi connectivity index (χ0v) is 24.2. The van der Waals surface area contributed by atoms with Crippen molar-refractivity contribution in [2.24, 2.45) is 0 Å². The summed E-state index contributed by atoms with van der Waals surface area (Å²) in [7, 11) is 0. The van der Waals surface area contributed by atoms with Gasteiger partial charge in [-0.2, -0.15) is 0 Å². The van der Waals surface area contributed by atoms with E-state index in [-0.39, 0.29) is 31.7 Å². The zero-order chi connectivity index (χ0) is 30.6. The lowest BCUT2D eigenvalue weighted by atomic mass is 9.99. The van der Waals surface area contributed by atoms with Crippen LogP contribution >= 0.6 is 0 Å². The molecular formula is C31H39N3O7. The fourth-order valence-corrected chi connectivity index (χ4v) is 3.92. The van der Waals surface area contributed by atoms with Gasteiger partial charge in [0.25, 0.3) is 5.91 Å². The van der Waals surface area contributed by atoms with E-state index >= 15 is 0 Å². The number of hydrogen-bond donors (Lipinski definition) is 3. The van der Waals surface area contributed by atoms with Crippen LogP contribution in [-0.4, -0.2) is 58.7 Å². The maximum atomic E-state index is 14.0. The highest BCUT2D eigenvalue weighted by Gasteiger charge is 2.36. The van der Waals surface area contributed by atoms with Crippen molar-refractivity contribution in [2.45, 2.75) is 71.6 Å². The van der Waals surface area contributed by atoms with E-state index in [1.165, 1.54) is 12.1 Å². The van der Waals surface area contributed by atoms with Gasteiger partial charge in [-0.3, -0.25) is 19.3 Å². The minimum absolute atomic E-state index is 0.00249. The van der Waals surface area contributed by atoms with Gasteiger partial charge in [0.15, 0.2) is 0 Å². The number of aryl methyl sites for hydroxylation is 1. The summed E-state index contributed by atoms with van der Waals surface area (Å²) in [6.45, 7) is 8.92. The highest BCUT2D eigenvalue weighted by Crippen LogP contribution is 2.24. The molecule has 2 unspecified atom stereocenters. The molecule has 3 N–H and O–H groups in total. The SMILES string of the molecule is C#CN(C(=O)C(Cc1ccc(O)cc1)NC(=O)OC(C)(C)C)C(C(=O)NCCC(=O)OCC)c1ccc(CC)cc1. The largest absolute Gasteiger partial charge is 0.508 e. The van der Waals surface area contributed by atoms with Crippen LogP contribution in [-0.2, 0) is 36.7 Å². The number of hydrogen-bond acceptors (Lipinski definition) is 7. The zero-order valence-electron chi connectivity index (χ0n) is 24.2. The van der Waals surface area contributed by atoms with E-state index in [9.17, 15) is 24.3 Å². The van der Waals surface area contributed by atoms with E-state index < -0.39 is 41.6 Å². The Morgan fingerprint density at radius 3 is 2.15 bits per heavy atom. The maximum absolute atomic E-state index is 14.0. The molecule has 0 aliphatic carbocycles. The summed E-state index contributed by atoms with van der Waals surface area (Å²) in [5.41, 5.74) is 1.26. The minimum Gasteiger partial charge on any atom is -0.508 e. The number of ether oxygens (including phenoxy) is 2. The van der Waals surface area contributed by atoms with Crippen LogP contribution < -0.4 is 10.6 Å². The molecule has 2 aromatic carbocycles. The van der Waals surface area contributed by atoms with Gasteiger partial charge in [0, 0.05) is 19.0 Å². The lowest BCUT2D eigenvalue weighted by Gasteiger charge is -2.30. The third-order valence-corrected chi connectivity index (χ3v) is 5.89. The van der Waals surface area contributed by atoms with Crippen LogP contribution in [0.25, 0.3) is 0 Å². The van der Waals surface area contributed by atoms with Crippen molar-refractivity contribution in [1.29, 1.82) is 0 Å². The van der Waals surface area contributed by atoms with E-state index in [2.05, 4.69) is 16.7 Å². The molecule has 0 bridgehead atoms. The van der Waals surface area contributed by atoms with Gasteiger partial charge in [-0.15, -0.1) is 0 Å². The van der Waals surface area contributed by atoms with Crippen molar-refractivity contribution in [3.8, 4) is 18.2 Å². The van der Waals surface area contributed by atoms with Gasteiger partial charge in [0.05, 0.1) is 13.0 Å². The van der Waals surface area contributed by atoms with Crippen molar-refractivity contribution >= 4 is 23.9 Å². The number of nitrogens with one attached hydrogen (secondary N) is 2. The van der Waals surface area contributed by atoms with Gasteiger partial charge in [-0.05, 0) is 62.9 Å². The highest BCUT2D eigenvalue weighted by atomic mass is 16.6. The van der Waals surface area contributed by atoms with Crippen LogP contribution in [0, 0.1) is 12.5 Å². The normalized spacial score (nSPS) is 12.3. The Morgan fingerprint density at radius 2 is 1.61 bits per heavy atom. The molecule has 0 radical (unpaired) electrons. The Labute approximate surface area is 241 Å².